The monoisotopic (exact) mass is 390 g/mol. The number of carboxylic acids is 1. The summed E-state index contributed by atoms with van der Waals surface area (Å²) in [5.74, 6) is -5.90. The van der Waals surface area contributed by atoms with Gasteiger partial charge < -0.3 is 10.0 Å². The molecule has 1 aliphatic heterocycles. The number of likely N-dealkylation sites (N-methyl/N-ethyl adjacent to an activating group) is 1. The lowest BCUT2D eigenvalue weighted by Gasteiger charge is -2.30. The van der Waals surface area contributed by atoms with Gasteiger partial charge in [-0.15, -0.1) is 0 Å². The van der Waals surface area contributed by atoms with Crippen LogP contribution in [-0.2, 0) is 9.59 Å². The van der Waals surface area contributed by atoms with Gasteiger partial charge in [-0.3, -0.25) is 14.5 Å². The van der Waals surface area contributed by atoms with Gasteiger partial charge in [-0.1, -0.05) is 12.1 Å². The summed E-state index contributed by atoms with van der Waals surface area (Å²) in [6.07, 6.45) is -4.63. The summed E-state index contributed by atoms with van der Waals surface area (Å²) >= 11 is 0. The van der Waals surface area contributed by atoms with E-state index in [1.54, 1.807) is 26.0 Å². The summed E-state index contributed by atoms with van der Waals surface area (Å²) in [7, 11) is 0. The van der Waals surface area contributed by atoms with E-state index in [4.69, 9.17) is 5.11 Å². The normalized spacial score (nSPS) is 21.9. The lowest BCUT2D eigenvalue weighted by atomic mass is 9.96. The van der Waals surface area contributed by atoms with Crippen LogP contribution in [0.15, 0.2) is 24.3 Å². The molecular weight excluding hydrogens is 368 g/mol. The van der Waals surface area contributed by atoms with E-state index in [1.807, 2.05) is 0 Å². The van der Waals surface area contributed by atoms with Crippen LogP contribution in [0, 0.1) is 17.7 Å². The minimum absolute atomic E-state index is 0.296. The van der Waals surface area contributed by atoms with Crippen LogP contribution in [0.2, 0.25) is 0 Å². The van der Waals surface area contributed by atoms with Crippen molar-refractivity contribution < 1.29 is 32.3 Å². The zero-order valence-electron chi connectivity index (χ0n) is 15.0. The van der Waals surface area contributed by atoms with E-state index in [9.17, 15) is 27.2 Å². The molecular formula is C18H22F4N2O3. The molecule has 0 radical (unpaired) electrons. The number of nitrogens with zero attached hydrogens (tertiary/aromatic N) is 2. The number of likely N-dealkylation sites (tertiary alicyclic amines) is 1. The zero-order valence-corrected chi connectivity index (χ0v) is 15.0. The van der Waals surface area contributed by atoms with Gasteiger partial charge in [0.05, 0.1) is 24.4 Å². The smallest absolute Gasteiger partial charge is 0.393 e. The van der Waals surface area contributed by atoms with E-state index in [2.05, 4.69) is 0 Å². The summed E-state index contributed by atoms with van der Waals surface area (Å²) in [6, 6.07) is 5.25. The molecule has 3 atom stereocenters. The van der Waals surface area contributed by atoms with Crippen molar-refractivity contribution in [2.75, 3.05) is 26.2 Å². The molecule has 1 fully saturated rings. The fraction of sp³-hybridized carbons (Fsp3) is 0.556. The van der Waals surface area contributed by atoms with Gasteiger partial charge >= 0.3 is 12.1 Å². The molecule has 0 aromatic heterocycles. The van der Waals surface area contributed by atoms with Gasteiger partial charge in [-0.2, -0.15) is 13.2 Å². The lowest BCUT2D eigenvalue weighted by Crippen LogP contribution is -2.41. The van der Waals surface area contributed by atoms with Crippen molar-refractivity contribution in [2.45, 2.75) is 26.1 Å². The molecule has 0 saturated carbocycles. The van der Waals surface area contributed by atoms with E-state index >= 15 is 0 Å². The van der Waals surface area contributed by atoms with E-state index in [-0.39, 0.29) is 19.1 Å². The highest BCUT2D eigenvalue weighted by Gasteiger charge is 2.52. The van der Waals surface area contributed by atoms with Crippen molar-refractivity contribution in [3.8, 4) is 0 Å². The van der Waals surface area contributed by atoms with Crippen molar-refractivity contribution >= 4 is 11.9 Å². The number of carboxylic acid groups (broad SMARTS) is 1. The van der Waals surface area contributed by atoms with E-state index in [0.717, 1.165) is 0 Å². The molecule has 0 aliphatic carbocycles. The second kappa shape index (κ2) is 8.24. The average molecular weight is 390 g/mol. The fourth-order valence-corrected chi connectivity index (χ4v) is 3.47. The van der Waals surface area contributed by atoms with Gasteiger partial charge in [0.25, 0.3) is 0 Å². The summed E-state index contributed by atoms with van der Waals surface area (Å²) in [4.78, 5) is 26.5. The summed E-state index contributed by atoms with van der Waals surface area (Å²) in [5, 5.41) is 9.06. The number of carbonyl (C=O) groups excluding carboxylic acids is 1. The maximum Gasteiger partial charge on any atom is 0.393 e. The Kier molecular flexibility index (Phi) is 6.46. The Morgan fingerprint density at radius 2 is 1.85 bits per heavy atom. The second-order valence-corrected chi connectivity index (χ2v) is 6.69. The number of rotatable bonds is 6. The fourth-order valence-electron chi connectivity index (χ4n) is 3.47. The summed E-state index contributed by atoms with van der Waals surface area (Å²) in [6.45, 7) is 2.66. The molecule has 1 saturated heterocycles. The minimum Gasteiger partial charge on any atom is -0.481 e. The van der Waals surface area contributed by atoms with Crippen LogP contribution in [0.25, 0.3) is 0 Å². The van der Waals surface area contributed by atoms with Crippen molar-refractivity contribution in [3.05, 3.63) is 35.6 Å². The Bertz CT molecular complexity index is 678. The molecule has 27 heavy (non-hydrogen) atoms. The zero-order chi connectivity index (χ0) is 20.4. The molecule has 1 amide bonds. The van der Waals surface area contributed by atoms with Crippen molar-refractivity contribution in [1.29, 1.82) is 0 Å². The van der Waals surface area contributed by atoms with Gasteiger partial charge in [0.2, 0.25) is 5.91 Å². The maximum absolute atomic E-state index is 13.1. The highest BCUT2D eigenvalue weighted by atomic mass is 19.4. The van der Waals surface area contributed by atoms with Crippen LogP contribution in [0.4, 0.5) is 17.6 Å². The third-order valence-electron chi connectivity index (χ3n) is 4.97. The molecule has 2 rings (SSSR count). The Morgan fingerprint density at radius 1 is 1.26 bits per heavy atom. The predicted molar refractivity (Wildman–Crippen MR) is 89.3 cm³/mol. The molecule has 1 heterocycles. The molecule has 1 N–H and O–H groups in total. The molecule has 1 aromatic carbocycles. The third kappa shape index (κ3) is 4.97. The predicted octanol–water partition coefficient (Wildman–Crippen LogP) is 2.93. The summed E-state index contributed by atoms with van der Waals surface area (Å²) < 4.78 is 52.3. The second-order valence-electron chi connectivity index (χ2n) is 6.69. The molecule has 0 bridgehead atoms. The van der Waals surface area contributed by atoms with Crippen molar-refractivity contribution in [2.24, 2.45) is 11.8 Å². The topological polar surface area (TPSA) is 60.9 Å². The van der Waals surface area contributed by atoms with E-state index < -0.39 is 42.3 Å². The average Bonchev–Trinajstić information content (AvgIpc) is 3.00. The van der Waals surface area contributed by atoms with Crippen molar-refractivity contribution in [1.82, 2.24) is 9.80 Å². The Balaban J connectivity index is 2.08. The SMILES string of the molecule is CCN(C(=O)CN1C[C@@H](C(F)(F)F)[C@H](C(=O)O)C1)C(C)c1ccc(F)cc1. The first-order chi connectivity index (χ1) is 12.5. The summed E-state index contributed by atoms with van der Waals surface area (Å²) in [5.41, 5.74) is 0.699. The van der Waals surface area contributed by atoms with Crippen LogP contribution >= 0.6 is 0 Å². The van der Waals surface area contributed by atoms with E-state index in [1.165, 1.54) is 21.9 Å². The molecule has 5 nitrogen and oxygen atoms in total. The van der Waals surface area contributed by atoms with Gasteiger partial charge in [-0.05, 0) is 31.5 Å². The molecule has 1 aliphatic rings. The van der Waals surface area contributed by atoms with Crippen LogP contribution in [0.5, 0.6) is 0 Å². The minimum atomic E-state index is -4.63. The van der Waals surface area contributed by atoms with Gasteiger partial charge in [0.15, 0.2) is 0 Å². The standard InChI is InChI=1S/C18H22F4N2O3/c1-3-24(11(2)12-4-6-13(19)7-5-12)16(25)10-23-8-14(17(26)27)15(9-23)18(20,21)22/h4-7,11,14-15H,3,8-10H2,1-2H3,(H,26,27)/t11?,14-,15-/m1/s1. The molecule has 9 heteroatoms. The molecule has 1 unspecified atom stereocenters. The molecule has 1 aromatic rings. The van der Waals surface area contributed by atoms with Gasteiger partial charge in [0.1, 0.15) is 5.82 Å². The Labute approximate surface area is 154 Å². The van der Waals surface area contributed by atoms with Crippen LogP contribution in [-0.4, -0.2) is 59.1 Å². The van der Waals surface area contributed by atoms with E-state index in [0.29, 0.717) is 12.1 Å². The number of halogens is 4. The molecule has 0 spiro atoms. The third-order valence-corrected chi connectivity index (χ3v) is 4.97. The maximum atomic E-state index is 13.1. The van der Waals surface area contributed by atoms with Gasteiger partial charge in [-0.25, -0.2) is 4.39 Å². The number of alkyl halides is 3. The first kappa shape index (κ1) is 21.1. The van der Waals surface area contributed by atoms with Crippen LogP contribution in [0.3, 0.4) is 0 Å². The number of amides is 1. The van der Waals surface area contributed by atoms with Crippen LogP contribution in [0.1, 0.15) is 25.5 Å². The first-order valence-electron chi connectivity index (χ1n) is 8.61. The quantitative estimate of drug-likeness (QED) is 0.759. The Morgan fingerprint density at radius 3 is 2.30 bits per heavy atom. The van der Waals surface area contributed by atoms with Gasteiger partial charge in [0, 0.05) is 19.6 Å². The molecule has 150 valence electrons. The number of aliphatic carboxylic acids is 1. The van der Waals surface area contributed by atoms with Crippen LogP contribution < -0.4 is 0 Å². The number of hydrogen-bond acceptors (Lipinski definition) is 3. The number of benzene rings is 1. The van der Waals surface area contributed by atoms with Crippen molar-refractivity contribution in [3.63, 3.8) is 0 Å². The Hall–Kier alpha value is -2.16. The highest BCUT2D eigenvalue weighted by Crippen LogP contribution is 2.37. The first-order valence-corrected chi connectivity index (χ1v) is 8.61. The highest BCUT2D eigenvalue weighted by molar-refractivity contribution is 5.79. The number of carbonyl (C=O) groups is 2. The lowest BCUT2D eigenvalue weighted by molar-refractivity contribution is -0.188. The largest absolute Gasteiger partial charge is 0.481 e. The number of hydrogen-bond donors (Lipinski definition) is 1.